The lowest BCUT2D eigenvalue weighted by Gasteiger charge is -2.32. The summed E-state index contributed by atoms with van der Waals surface area (Å²) in [5, 5.41) is 0.805. The maximum atomic E-state index is 12.2. The Hall–Kier alpha value is -2.31. The first kappa shape index (κ1) is 16.2. The van der Waals surface area contributed by atoms with Gasteiger partial charge in [-0.3, -0.25) is 4.79 Å². The average Bonchev–Trinajstić information content (AvgIpc) is 3.24. The van der Waals surface area contributed by atoms with Gasteiger partial charge >= 0.3 is 0 Å². The maximum Gasteiger partial charge on any atom is 0.286 e. The second-order valence-corrected chi connectivity index (χ2v) is 7.18. The summed E-state index contributed by atoms with van der Waals surface area (Å²) in [7, 11) is 2.11. The largest absolute Gasteiger partial charge is 0.457 e. The first-order valence-electron chi connectivity index (χ1n) is 8.30. The van der Waals surface area contributed by atoms with Crippen LogP contribution in [0.1, 0.15) is 5.76 Å². The lowest BCUT2D eigenvalue weighted by molar-refractivity contribution is -0.113. The van der Waals surface area contributed by atoms with Gasteiger partial charge in [-0.1, -0.05) is 30.3 Å². The van der Waals surface area contributed by atoms with Crippen molar-refractivity contribution in [3.05, 3.63) is 53.1 Å². The van der Waals surface area contributed by atoms with Gasteiger partial charge in [0.25, 0.3) is 5.91 Å². The second-order valence-electron chi connectivity index (χ2n) is 6.17. The highest BCUT2D eigenvalue weighted by atomic mass is 32.2. The lowest BCUT2D eigenvalue weighted by atomic mass is 10.2. The number of furan rings is 1. The zero-order valence-corrected chi connectivity index (χ0v) is 14.8. The number of hydrogen-bond donors (Lipinski definition) is 0. The number of amidine groups is 1. The number of nitrogens with zero attached hydrogens (tertiary/aromatic N) is 3. The molecule has 0 bridgehead atoms. The standard InChI is InChI=1S/C19H19N3O2S/c1-21-9-11-22(12-10-21)19-20-18(23)17(25-19)13-15-7-8-16(24-15)14-5-3-2-4-6-14/h2-8,13H,9-12H2,1H3/b17-13+. The van der Waals surface area contributed by atoms with Crippen molar-refractivity contribution in [1.29, 1.82) is 0 Å². The molecule has 0 unspecified atom stereocenters. The predicted octanol–water partition coefficient (Wildman–Crippen LogP) is 3.16. The van der Waals surface area contributed by atoms with E-state index in [2.05, 4.69) is 21.8 Å². The van der Waals surface area contributed by atoms with Crippen molar-refractivity contribution in [3.63, 3.8) is 0 Å². The van der Waals surface area contributed by atoms with Crippen LogP contribution >= 0.6 is 11.8 Å². The van der Waals surface area contributed by atoms with Crippen LogP contribution in [-0.4, -0.2) is 54.1 Å². The Balaban J connectivity index is 1.48. The minimum Gasteiger partial charge on any atom is -0.457 e. The predicted molar refractivity (Wildman–Crippen MR) is 101 cm³/mol. The van der Waals surface area contributed by atoms with Crippen LogP contribution in [-0.2, 0) is 4.79 Å². The van der Waals surface area contributed by atoms with Crippen LogP contribution in [0.5, 0.6) is 0 Å². The van der Waals surface area contributed by atoms with Gasteiger partial charge in [-0.2, -0.15) is 4.99 Å². The topological polar surface area (TPSA) is 49.0 Å². The number of thioether (sulfide) groups is 1. The van der Waals surface area contributed by atoms with E-state index < -0.39 is 0 Å². The Kier molecular flexibility index (Phi) is 4.46. The minimum atomic E-state index is -0.184. The van der Waals surface area contributed by atoms with Gasteiger partial charge in [0.05, 0.1) is 4.91 Å². The van der Waals surface area contributed by atoms with Crippen molar-refractivity contribution in [3.8, 4) is 11.3 Å². The molecule has 2 aliphatic rings. The molecule has 3 heterocycles. The number of hydrogen-bond acceptors (Lipinski definition) is 5. The van der Waals surface area contributed by atoms with Gasteiger partial charge in [-0.25, -0.2) is 0 Å². The Morgan fingerprint density at radius 3 is 2.60 bits per heavy atom. The molecule has 1 aromatic heterocycles. The van der Waals surface area contributed by atoms with E-state index in [1.165, 1.54) is 11.8 Å². The van der Waals surface area contributed by atoms with Gasteiger partial charge in [0.2, 0.25) is 0 Å². The molecular weight excluding hydrogens is 334 g/mol. The molecule has 1 amide bonds. The molecule has 2 aliphatic heterocycles. The van der Waals surface area contributed by atoms with Crippen LogP contribution in [0.4, 0.5) is 0 Å². The molecule has 0 spiro atoms. The summed E-state index contributed by atoms with van der Waals surface area (Å²) in [6.45, 7) is 3.79. The number of benzene rings is 1. The van der Waals surface area contributed by atoms with Gasteiger partial charge in [0, 0.05) is 37.8 Å². The third-order valence-electron chi connectivity index (χ3n) is 4.34. The summed E-state index contributed by atoms with van der Waals surface area (Å²) in [6.07, 6.45) is 1.78. The molecule has 25 heavy (non-hydrogen) atoms. The highest BCUT2D eigenvalue weighted by molar-refractivity contribution is 8.18. The van der Waals surface area contributed by atoms with E-state index in [1.807, 2.05) is 42.5 Å². The molecule has 0 saturated carbocycles. The minimum absolute atomic E-state index is 0.184. The molecule has 0 radical (unpaired) electrons. The third kappa shape index (κ3) is 3.55. The normalized spacial score (nSPS) is 20.4. The number of aliphatic imine (C=N–C) groups is 1. The second kappa shape index (κ2) is 6.90. The van der Waals surface area contributed by atoms with Gasteiger partial charge in [-0.05, 0) is 30.9 Å². The molecule has 128 valence electrons. The van der Waals surface area contributed by atoms with Gasteiger partial charge in [-0.15, -0.1) is 0 Å². The molecule has 1 aromatic carbocycles. The molecule has 0 atom stereocenters. The summed E-state index contributed by atoms with van der Waals surface area (Å²) in [5.41, 5.74) is 1.02. The Morgan fingerprint density at radius 1 is 1.08 bits per heavy atom. The maximum absolute atomic E-state index is 12.2. The van der Waals surface area contributed by atoms with E-state index in [0.29, 0.717) is 10.7 Å². The van der Waals surface area contributed by atoms with Crippen LogP contribution in [0, 0.1) is 0 Å². The van der Waals surface area contributed by atoms with Crippen molar-refractivity contribution in [2.75, 3.05) is 33.2 Å². The fourth-order valence-corrected chi connectivity index (χ4v) is 3.79. The molecule has 1 saturated heterocycles. The van der Waals surface area contributed by atoms with Gasteiger partial charge < -0.3 is 14.2 Å². The summed E-state index contributed by atoms with van der Waals surface area (Å²) >= 11 is 1.44. The van der Waals surface area contributed by atoms with Crippen molar-refractivity contribution in [2.45, 2.75) is 0 Å². The smallest absolute Gasteiger partial charge is 0.286 e. The summed E-state index contributed by atoms with van der Waals surface area (Å²) < 4.78 is 5.86. The first-order chi connectivity index (χ1) is 12.2. The van der Waals surface area contributed by atoms with Crippen LogP contribution in [0.3, 0.4) is 0 Å². The van der Waals surface area contributed by atoms with Crippen LogP contribution in [0.2, 0.25) is 0 Å². The summed E-state index contributed by atoms with van der Waals surface area (Å²) in [6, 6.07) is 13.7. The molecule has 5 nitrogen and oxygen atoms in total. The Bertz CT molecular complexity index is 833. The molecule has 0 aliphatic carbocycles. The summed E-state index contributed by atoms with van der Waals surface area (Å²) in [5.74, 6) is 1.28. The number of likely N-dealkylation sites (N-methyl/N-ethyl adjacent to an activating group) is 1. The number of rotatable bonds is 2. The lowest BCUT2D eigenvalue weighted by Crippen LogP contribution is -2.46. The quantitative estimate of drug-likeness (QED) is 0.776. The van der Waals surface area contributed by atoms with E-state index in [9.17, 15) is 4.79 Å². The van der Waals surface area contributed by atoms with E-state index in [-0.39, 0.29) is 5.91 Å². The van der Waals surface area contributed by atoms with E-state index in [0.717, 1.165) is 42.7 Å². The zero-order valence-electron chi connectivity index (χ0n) is 14.0. The van der Waals surface area contributed by atoms with Crippen molar-refractivity contribution in [2.24, 2.45) is 4.99 Å². The molecule has 1 fully saturated rings. The van der Waals surface area contributed by atoms with Crippen molar-refractivity contribution in [1.82, 2.24) is 9.80 Å². The van der Waals surface area contributed by atoms with Gasteiger partial charge in [0.15, 0.2) is 5.17 Å². The molecule has 2 aromatic rings. The SMILES string of the molecule is CN1CCN(C2=NC(=O)/C(=C\c3ccc(-c4ccccc4)o3)S2)CC1. The molecule has 0 N–H and O–H groups in total. The van der Waals surface area contributed by atoms with Crippen LogP contribution in [0.15, 0.2) is 56.8 Å². The Labute approximate surface area is 151 Å². The van der Waals surface area contributed by atoms with E-state index >= 15 is 0 Å². The zero-order chi connectivity index (χ0) is 17.2. The monoisotopic (exact) mass is 353 g/mol. The number of carbonyl (C=O) groups is 1. The number of piperazine rings is 1. The third-order valence-corrected chi connectivity index (χ3v) is 5.39. The number of amides is 1. The highest BCUT2D eigenvalue weighted by Gasteiger charge is 2.28. The van der Waals surface area contributed by atoms with Crippen molar-refractivity contribution >= 4 is 28.9 Å². The molecule has 6 heteroatoms. The first-order valence-corrected chi connectivity index (χ1v) is 9.12. The van der Waals surface area contributed by atoms with E-state index in [4.69, 9.17) is 4.42 Å². The van der Waals surface area contributed by atoms with Crippen LogP contribution < -0.4 is 0 Å². The Morgan fingerprint density at radius 2 is 1.84 bits per heavy atom. The fraction of sp³-hybridized carbons (Fsp3) is 0.263. The average molecular weight is 353 g/mol. The van der Waals surface area contributed by atoms with Crippen molar-refractivity contribution < 1.29 is 9.21 Å². The molecular formula is C19H19N3O2S. The van der Waals surface area contributed by atoms with Gasteiger partial charge in [0.1, 0.15) is 11.5 Å². The highest BCUT2D eigenvalue weighted by Crippen LogP contribution is 2.32. The molecule has 4 rings (SSSR count). The van der Waals surface area contributed by atoms with E-state index in [1.54, 1.807) is 6.08 Å². The summed E-state index contributed by atoms with van der Waals surface area (Å²) in [4.78, 5) is 21.5. The van der Waals surface area contributed by atoms with Crippen LogP contribution in [0.25, 0.3) is 17.4 Å². The number of carbonyl (C=O) groups excluding carboxylic acids is 1. The fourth-order valence-electron chi connectivity index (χ4n) is 2.85.